The van der Waals surface area contributed by atoms with Crippen molar-refractivity contribution in [1.82, 2.24) is 5.32 Å². The van der Waals surface area contributed by atoms with Crippen molar-refractivity contribution in [3.63, 3.8) is 0 Å². The highest BCUT2D eigenvalue weighted by Gasteiger charge is 2.14. The van der Waals surface area contributed by atoms with Crippen molar-refractivity contribution >= 4 is 40.1 Å². The molecule has 2 rings (SSSR count). The van der Waals surface area contributed by atoms with Crippen LogP contribution in [0.3, 0.4) is 0 Å². The van der Waals surface area contributed by atoms with Gasteiger partial charge in [0.05, 0.1) is 5.02 Å². The van der Waals surface area contributed by atoms with Gasteiger partial charge in [0.15, 0.2) is 5.58 Å². The van der Waals surface area contributed by atoms with Crippen molar-refractivity contribution in [2.24, 2.45) is 0 Å². The van der Waals surface area contributed by atoms with Crippen molar-refractivity contribution in [3.05, 3.63) is 44.2 Å². The third kappa shape index (κ3) is 2.14. The Hall–Kier alpha value is -1.52. The number of hydrogen-bond acceptors (Lipinski definition) is 3. The van der Waals surface area contributed by atoms with E-state index in [4.69, 9.17) is 27.6 Å². The lowest BCUT2D eigenvalue weighted by Crippen LogP contribution is -2.24. The van der Waals surface area contributed by atoms with Crippen LogP contribution >= 0.6 is 23.2 Å². The number of carbonyl (C=O) groups excluding carboxylic acids is 1. The first-order chi connectivity index (χ1) is 8.02. The van der Waals surface area contributed by atoms with E-state index in [1.54, 1.807) is 6.07 Å². The molecule has 88 valence electrons. The molecule has 2 aromatic rings. The summed E-state index contributed by atoms with van der Waals surface area (Å²) < 4.78 is 4.99. The molecule has 0 aliphatic carbocycles. The monoisotopic (exact) mass is 271 g/mol. The molecule has 1 aromatic heterocycles. The van der Waals surface area contributed by atoms with Crippen LogP contribution in [0.2, 0.25) is 10.0 Å². The standard InChI is InChI=1S/C11H7Cl2NO3/c1-14-10(15)7-3-5-2-6(12)4-8(13)9(5)17-11(7)16/h2-4H,1H3,(H,14,15). The molecule has 0 unspecified atom stereocenters. The highest BCUT2D eigenvalue weighted by Crippen LogP contribution is 2.27. The summed E-state index contributed by atoms with van der Waals surface area (Å²) in [7, 11) is 1.43. The van der Waals surface area contributed by atoms with E-state index in [-0.39, 0.29) is 16.2 Å². The minimum atomic E-state index is -0.735. The second-order valence-corrected chi connectivity index (χ2v) is 4.18. The summed E-state index contributed by atoms with van der Waals surface area (Å²) >= 11 is 11.7. The fourth-order valence-electron chi connectivity index (χ4n) is 1.45. The van der Waals surface area contributed by atoms with Gasteiger partial charge in [-0.3, -0.25) is 4.79 Å². The van der Waals surface area contributed by atoms with Crippen LogP contribution in [0.5, 0.6) is 0 Å². The summed E-state index contributed by atoms with van der Waals surface area (Å²) in [5.74, 6) is -0.517. The lowest BCUT2D eigenvalue weighted by atomic mass is 10.2. The van der Waals surface area contributed by atoms with Crippen molar-refractivity contribution in [1.29, 1.82) is 0 Å². The minimum Gasteiger partial charge on any atom is -0.421 e. The Morgan fingerprint density at radius 1 is 1.29 bits per heavy atom. The Morgan fingerprint density at radius 2 is 2.00 bits per heavy atom. The van der Waals surface area contributed by atoms with Crippen molar-refractivity contribution in [3.8, 4) is 0 Å². The van der Waals surface area contributed by atoms with Gasteiger partial charge < -0.3 is 9.73 Å². The first kappa shape index (κ1) is 12.0. The van der Waals surface area contributed by atoms with E-state index >= 15 is 0 Å². The first-order valence-electron chi connectivity index (χ1n) is 4.68. The average molecular weight is 272 g/mol. The summed E-state index contributed by atoms with van der Waals surface area (Å²) in [5, 5.41) is 3.48. The molecule has 0 aliphatic heterocycles. The van der Waals surface area contributed by atoms with Gasteiger partial charge in [-0.25, -0.2) is 4.79 Å². The molecule has 0 bridgehead atoms. The molecular formula is C11H7Cl2NO3. The number of benzene rings is 1. The molecule has 0 saturated carbocycles. The third-order valence-electron chi connectivity index (χ3n) is 2.22. The second-order valence-electron chi connectivity index (χ2n) is 3.33. The molecule has 0 fully saturated rings. The molecule has 0 radical (unpaired) electrons. The van der Waals surface area contributed by atoms with Gasteiger partial charge in [0.2, 0.25) is 0 Å². The van der Waals surface area contributed by atoms with Gasteiger partial charge >= 0.3 is 5.63 Å². The molecule has 1 N–H and O–H groups in total. The SMILES string of the molecule is CNC(=O)c1cc2cc(Cl)cc(Cl)c2oc1=O. The van der Waals surface area contributed by atoms with Crippen molar-refractivity contribution < 1.29 is 9.21 Å². The fourth-order valence-corrected chi connectivity index (χ4v) is 2.00. The molecular weight excluding hydrogens is 265 g/mol. The second kappa shape index (κ2) is 4.39. The Kier molecular flexibility index (Phi) is 3.09. The van der Waals surface area contributed by atoms with Gasteiger partial charge in [-0.2, -0.15) is 0 Å². The molecule has 0 atom stereocenters. The normalized spacial score (nSPS) is 10.5. The lowest BCUT2D eigenvalue weighted by Gasteiger charge is -2.03. The predicted molar refractivity (Wildman–Crippen MR) is 65.9 cm³/mol. The zero-order chi connectivity index (χ0) is 12.6. The molecule has 1 aromatic carbocycles. The molecule has 1 heterocycles. The van der Waals surface area contributed by atoms with Crippen LogP contribution in [0.15, 0.2) is 27.4 Å². The molecule has 0 spiro atoms. The zero-order valence-electron chi connectivity index (χ0n) is 8.71. The largest absolute Gasteiger partial charge is 0.421 e. The number of amides is 1. The number of fused-ring (bicyclic) bond motifs is 1. The number of nitrogens with one attached hydrogen (secondary N) is 1. The fraction of sp³-hybridized carbons (Fsp3) is 0.0909. The van der Waals surface area contributed by atoms with Crippen LogP contribution in [0.25, 0.3) is 11.0 Å². The van der Waals surface area contributed by atoms with Gasteiger partial charge in [0.1, 0.15) is 5.56 Å². The van der Waals surface area contributed by atoms with Crippen LogP contribution in [0, 0.1) is 0 Å². The predicted octanol–water partition coefficient (Wildman–Crippen LogP) is 2.46. The van der Waals surface area contributed by atoms with E-state index in [1.165, 1.54) is 19.2 Å². The third-order valence-corrected chi connectivity index (χ3v) is 2.72. The van der Waals surface area contributed by atoms with Gasteiger partial charge in [0, 0.05) is 17.5 Å². The quantitative estimate of drug-likeness (QED) is 0.811. The summed E-state index contributed by atoms with van der Waals surface area (Å²) in [5.41, 5.74) is -0.604. The van der Waals surface area contributed by atoms with Crippen molar-refractivity contribution in [2.75, 3.05) is 7.05 Å². The summed E-state index contributed by atoms with van der Waals surface area (Å²) in [6.07, 6.45) is 0. The number of rotatable bonds is 1. The summed E-state index contributed by atoms with van der Waals surface area (Å²) in [4.78, 5) is 23.0. The maximum absolute atomic E-state index is 11.6. The van der Waals surface area contributed by atoms with E-state index in [0.717, 1.165) is 0 Å². The van der Waals surface area contributed by atoms with Crippen LogP contribution in [0.4, 0.5) is 0 Å². The topological polar surface area (TPSA) is 59.3 Å². The molecule has 0 aliphatic rings. The van der Waals surface area contributed by atoms with Gasteiger partial charge in [-0.05, 0) is 18.2 Å². The Morgan fingerprint density at radius 3 is 2.65 bits per heavy atom. The number of halogens is 2. The van der Waals surface area contributed by atoms with Crippen molar-refractivity contribution in [2.45, 2.75) is 0 Å². The lowest BCUT2D eigenvalue weighted by molar-refractivity contribution is 0.0959. The Bertz CT molecular complexity index is 664. The molecule has 4 nitrogen and oxygen atoms in total. The average Bonchev–Trinajstić information content (AvgIpc) is 2.28. The molecule has 6 heteroatoms. The van der Waals surface area contributed by atoms with Gasteiger partial charge in [-0.1, -0.05) is 23.2 Å². The summed E-state index contributed by atoms with van der Waals surface area (Å²) in [6, 6.07) is 4.43. The number of carbonyl (C=O) groups is 1. The van der Waals surface area contributed by atoms with E-state index < -0.39 is 11.5 Å². The van der Waals surface area contributed by atoms with Gasteiger partial charge in [-0.15, -0.1) is 0 Å². The minimum absolute atomic E-state index is 0.0849. The van der Waals surface area contributed by atoms with Crippen LogP contribution < -0.4 is 10.9 Å². The maximum atomic E-state index is 11.6. The van der Waals surface area contributed by atoms with Crippen LogP contribution in [0.1, 0.15) is 10.4 Å². The van der Waals surface area contributed by atoms with Gasteiger partial charge in [0.25, 0.3) is 5.91 Å². The van der Waals surface area contributed by atoms with Crippen LogP contribution in [-0.2, 0) is 0 Å². The zero-order valence-corrected chi connectivity index (χ0v) is 10.2. The maximum Gasteiger partial charge on any atom is 0.349 e. The molecule has 1 amide bonds. The van der Waals surface area contributed by atoms with Crippen LogP contribution in [-0.4, -0.2) is 13.0 Å². The molecule has 0 saturated heterocycles. The summed E-state index contributed by atoms with van der Waals surface area (Å²) in [6.45, 7) is 0. The van der Waals surface area contributed by atoms with E-state index in [0.29, 0.717) is 10.4 Å². The molecule has 17 heavy (non-hydrogen) atoms. The van der Waals surface area contributed by atoms with E-state index in [1.807, 2.05) is 0 Å². The smallest absolute Gasteiger partial charge is 0.349 e. The highest BCUT2D eigenvalue weighted by atomic mass is 35.5. The van der Waals surface area contributed by atoms with E-state index in [9.17, 15) is 9.59 Å². The number of hydrogen-bond donors (Lipinski definition) is 1. The Labute approximate surface area is 106 Å². The van der Waals surface area contributed by atoms with E-state index in [2.05, 4.69) is 5.32 Å². The Balaban J connectivity index is 2.81. The first-order valence-corrected chi connectivity index (χ1v) is 5.43. The highest BCUT2D eigenvalue weighted by molar-refractivity contribution is 6.38.